The van der Waals surface area contributed by atoms with E-state index >= 15 is 0 Å². The highest BCUT2D eigenvalue weighted by atomic mass is 79.9. The summed E-state index contributed by atoms with van der Waals surface area (Å²) in [5.74, 6) is 0. The van der Waals surface area contributed by atoms with Crippen LogP contribution in [0.4, 0.5) is 0 Å². The molecule has 2 fully saturated rings. The molecule has 0 amide bonds. The quantitative estimate of drug-likeness (QED) is 0.678. The van der Waals surface area contributed by atoms with Gasteiger partial charge in [0, 0.05) is 10.2 Å². The Morgan fingerprint density at radius 3 is 2.38 bits per heavy atom. The van der Waals surface area contributed by atoms with Gasteiger partial charge in [0.15, 0.2) is 0 Å². The molecule has 2 aliphatic rings. The van der Waals surface area contributed by atoms with Crippen LogP contribution in [0.2, 0.25) is 0 Å². The minimum absolute atomic E-state index is 0.391. The van der Waals surface area contributed by atoms with E-state index in [-0.39, 0.29) is 0 Å². The molecule has 2 saturated carbocycles. The Labute approximate surface area is 89.4 Å². The van der Waals surface area contributed by atoms with E-state index in [0.29, 0.717) is 17.6 Å². The van der Waals surface area contributed by atoms with Gasteiger partial charge < -0.3 is 4.74 Å². The van der Waals surface area contributed by atoms with Crippen molar-refractivity contribution in [3.8, 4) is 0 Å². The van der Waals surface area contributed by atoms with Crippen molar-refractivity contribution in [3.63, 3.8) is 0 Å². The van der Waals surface area contributed by atoms with Gasteiger partial charge in [-0.15, -0.1) is 0 Å². The summed E-state index contributed by atoms with van der Waals surface area (Å²) in [7, 11) is 0. The Morgan fingerprint density at radius 1 is 1.31 bits per heavy atom. The molecular weight excluding hydrogens is 228 g/mol. The maximum atomic E-state index is 5.96. The SMILES string of the molecule is CC(C)OC1CC(Br)C12CCCC2. The monoisotopic (exact) mass is 246 g/mol. The van der Waals surface area contributed by atoms with Crippen LogP contribution in [0, 0.1) is 5.41 Å². The van der Waals surface area contributed by atoms with Crippen LogP contribution >= 0.6 is 15.9 Å². The van der Waals surface area contributed by atoms with Gasteiger partial charge in [-0.1, -0.05) is 28.8 Å². The second kappa shape index (κ2) is 3.54. The minimum Gasteiger partial charge on any atom is -0.375 e. The molecule has 0 aromatic rings. The van der Waals surface area contributed by atoms with Crippen molar-refractivity contribution >= 4 is 15.9 Å². The highest BCUT2D eigenvalue weighted by molar-refractivity contribution is 9.09. The Bertz CT molecular complexity index is 185. The molecule has 0 aromatic heterocycles. The molecule has 0 aliphatic heterocycles. The third kappa shape index (κ3) is 1.56. The number of hydrogen-bond donors (Lipinski definition) is 0. The van der Waals surface area contributed by atoms with E-state index in [4.69, 9.17) is 4.74 Å². The third-order valence-corrected chi connectivity index (χ3v) is 4.94. The van der Waals surface area contributed by atoms with E-state index in [1.807, 2.05) is 0 Å². The van der Waals surface area contributed by atoms with Crippen molar-refractivity contribution in [1.29, 1.82) is 0 Å². The first-order chi connectivity index (χ1) is 6.15. The molecule has 1 nitrogen and oxygen atoms in total. The van der Waals surface area contributed by atoms with Gasteiger partial charge in [-0.2, -0.15) is 0 Å². The van der Waals surface area contributed by atoms with Crippen LogP contribution in [0.5, 0.6) is 0 Å². The number of ether oxygens (including phenoxy) is 1. The smallest absolute Gasteiger partial charge is 0.0656 e. The molecule has 0 aromatic carbocycles. The largest absolute Gasteiger partial charge is 0.375 e. The molecule has 0 bridgehead atoms. The molecule has 2 heteroatoms. The highest BCUT2D eigenvalue weighted by Crippen LogP contribution is 2.57. The lowest BCUT2D eigenvalue weighted by Crippen LogP contribution is -2.54. The molecule has 0 N–H and O–H groups in total. The van der Waals surface area contributed by atoms with Gasteiger partial charge in [-0.05, 0) is 33.1 Å². The van der Waals surface area contributed by atoms with Crippen LogP contribution in [0.15, 0.2) is 0 Å². The fourth-order valence-corrected chi connectivity index (χ4v) is 3.98. The molecule has 0 heterocycles. The summed E-state index contributed by atoms with van der Waals surface area (Å²) in [6.07, 6.45) is 7.71. The Kier molecular flexibility index (Phi) is 2.72. The summed E-state index contributed by atoms with van der Waals surface area (Å²) < 4.78 is 5.96. The number of hydrogen-bond acceptors (Lipinski definition) is 1. The zero-order valence-electron chi connectivity index (χ0n) is 8.55. The molecule has 1 spiro atoms. The maximum absolute atomic E-state index is 5.96. The topological polar surface area (TPSA) is 9.23 Å². The molecule has 0 radical (unpaired) electrons. The van der Waals surface area contributed by atoms with Gasteiger partial charge in [0.05, 0.1) is 12.2 Å². The first-order valence-electron chi connectivity index (χ1n) is 5.45. The average Bonchev–Trinajstić information content (AvgIpc) is 2.53. The second-order valence-electron chi connectivity index (χ2n) is 4.82. The van der Waals surface area contributed by atoms with Gasteiger partial charge in [0.2, 0.25) is 0 Å². The van der Waals surface area contributed by atoms with E-state index in [0.717, 1.165) is 4.83 Å². The zero-order chi connectivity index (χ0) is 9.47. The third-order valence-electron chi connectivity index (χ3n) is 3.66. The zero-order valence-corrected chi connectivity index (χ0v) is 10.1. The van der Waals surface area contributed by atoms with E-state index in [1.165, 1.54) is 32.1 Å². The molecule has 13 heavy (non-hydrogen) atoms. The molecule has 2 unspecified atom stereocenters. The first kappa shape index (κ1) is 9.97. The number of halogens is 1. The van der Waals surface area contributed by atoms with Crippen molar-refractivity contribution < 1.29 is 4.74 Å². The predicted molar refractivity (Wildman–Crippen MR) is 58.2 cm³/mol. The Balaban J connectivity index is 1.99. The van der Waals surface area contributed by atoms with Crippen molar-refractivity contribution in [1.82, 2.24) is 0 Å². The summed E-state index contributed by atoms with van der Waals surface area (Å²) in [5, 5.41) is 0. The van der Waals surface area contributed by atoms with E-state index < -0.39 is 0 Å². The lowest BCUT2D eigenvalue weighted by Gasteiger charge is -2.52. The molecule has 2 atom stereocenters. The van der Waals surface area contributed by atoms with Crippen LogP contribution in [-0.2, 0) is 4.74 Å². The van der Waals surface area contributed by atoms with Crippen molar-refractivity contribution in [2.24, 2.45) is 5.41 Å². The number of alkyl halides is 1. The summed E-state index contributed by atoms with van der Waals surface area (Å²) in [6, 6.07) is 0. The summed E-state index contributed by atoms with van der Waals surface area (Å²) in [5.41, 5.74) is 0.518. The van der Waals surface area contributed by atoms with Gasteiger partial charge >= 0.3 is 0 Å². The molecule has 76 valence electrons. The van der Waals surface area contributed by atoms with Crippen LogP contribution in [0.25, 0.3) is 0 Å². The van der Waals surface area contributed by atoms with Crippen LogP contribution < -0.4 is 0 Å². The lowest BCUT2D eigenvalue weighted by atomic mass is 9.64. The van der Waals surface area contributed by atoms with Crippen molar-refractivity contribution in [2.75, 3.05) is 0 Å². The summed E-state index contributed by atoms with van der Waals surface area (Å²) in [6.45, 7) is 4.29. The maximum Gasteiger partial charge on any atom is 0.0656 e. The standard InChI is InChI=1S/C11H19BrO/c1-8(2)13-10-7-9(12)11(10)5-3-4-6-11/h8-10H,3-7H2,1-2H3. The Hall–Kier alpha value is 0.440. The van der Waals surface area contributed by atoms with Gasteiger partial charge in [0.25, 0.3) is 0 Å². The molecule has 2 aliphatic carbocycles. The van der Waals surface area contributed by atoms with Crippen molar-refractivity contribution in [3.05, 3.63) is 0 Å². The highest BCUT2D eigenvalue weighted by Gasteiger charge is 2.55. The van der Waals surface area contributed by atoms with E-state index in [2.05, 4.69) is 29.8 Å². The number of rotatable bonds is 2. The molecule has 2 rings (SSSR count). The fraction of sp³-hybridized carbons (Fsp3) is 1.00. The van der Waals surface area contributed by atoms with Gasteiger partial charge in [-0.3, -0.25) is 0 Å². The Morgan fingerprint density at radius 2 is 1.92 bits per heavy atom. The normalized spacial score (nSPS) is 36.9. The lowest BCUT2D eigenvalue weighted by molar-refractivity contribution is -0.124. The van der Waals surface area contributed by atoms with Crippen LogP contribution in [0.1, 0.15) is 46.0 Å². The van der Waals surface area contributed by atoms with Gasteiger partial charge in [-0.25, -0.2) is 0 Å². The summed E-state index contributed by atoms with van der Waals surface area (Å²) >= 11 is 3.79. The van der Waals surface area contributed by atoms with E-state index in [1.54, 1.807) is 0 Å². The van der Waals surface area contributed by atoms with Gasteiger partial charge in [0.1, 0.15) is 0 Å². The van der Waals surface area contributed by atoms with Crippen LogP contribution in [-0.4, -0.2) is 17.0 Å². The van der Waals surface area contributed by atoms with Crippen molar-refractivity contribution in [2.45, 2.75) is 63.0 Å². The first-order valence-corrected chi connectivity index (χ1v) is 6.36. The molecule has 0 saturated heterocycles. The fourth-order valence-electron chi connectivity index (χ4n) is 2.89. The van der Waals surface area contributed by atoms with E-state index in [9.17, 15) is 0 Å². The minimum atomic E-state index is 0.391. The predicted octanol–water partition coefficient (Wildman–Crippen LogP) is 3.51. The van der Waals surface area contributed by atoms with Crippen LogP contribution in [0.3, 0.4) is 0 Å². The second-order valence-corrected chi connectivity index (χ2v) is 5.92. The summed E-state index contributed by atoms with van der Waals surface area (Å²) in [4.78, 5) is 0.728. The molecular formula is C11H19BrO. The average molecular weight is 247 g/mol.